The van der Waals surface area contributed by atoms with Gasteiger partial charge in [0.1, 0.15) is 6.04 Å². The van der Waals surface area contributed by atoms with Gasteiger partial charge in [0.25, 0.3) is 10.2 Å². The maximum Gasteiger partial charge on any atom is 0.322 e. The van der Waals surface area contributed by atoms with Crippen molar-refractivity contribution in [3.8, 4) is 0 Å². The number of hydrogen-bond acceptors (Lipinski definition) is 4. The molecule has 1 aromatic rings. The molecule has 0 saturated carbocycles. The Morgan fingerprint density at radius 2 is 1.86 bits per heavy atom. The Kier molecular flexibility index (Phi) is 5.29. The molecule has 21 heavy (non-hydrogen) atoms. The minimum Gasteiger partial charge on any atom is -0.480 e. The van der Waals surface area contributed by atoms with Gasteiger partial charge in [-0.15, -0.1) is 4.83 Å². The van der Waals surface area contributed by atoms with Gasteiger partial charge in [0.2, 0.25) is 0 Å². The fourth-order valence-corrected chi connectivity index (χ4v) is 3.36. The Labute approximate surface area is 124 Å². The summed E-state index contributed by atoms with van der Waals surface area (Å²) in [5.74, 6) is -1.20. The first-order valence-corrected chi connectivity index (χ1v) is 8.26. The number of nitrogens with zero attached hydrogens (tertiary/aromatic N) is 1. The lowest BCUT2D eigenvalue weighted by Crippen LogP contribution is -2.52. The molecule has 0 aromatic heterocycles. The highest BCUT2D eigenvalue weighted by atomic mass is 32.2. The van der Waals surface area contributed by atoms with E-state index in [9.17, 15) is 18.3 Å². The molecule has 2 rings (SSSR count). The quantitative estimate of drug-likeness (QED) is 0.664. The molecule has 0 bridgehead atoms. The number of hydrogen-bond donors (Lipinski definition) is 3. The molecule has 0 radical (unpaired) electrons. The summed E-state index contributed by atoms with van der Waals surface area (Å²) in [5.41, 5.74) is 0.758. The van der Waals surface area contributed by atoms with Crippen LogP contribution in [-0.2, 0) is 21.4 Å². The second-order valence-electron chi connectivity index (χ2n) is 4.99. The van der Waals surface area contributed by atoms with Crippen LogP contribution in [0.1, 0.15) is 18.4 Å². The van der Waals surface area contributed by atoms with Crippen LogP contribution in [-0.4, -0.2) is 43.6 Å². The van der Waals surface area contributed by atoms with Crippen LogP contribution >= 0.6 is 0 Å². The predicted octanol–water partition coefficient (Wildman–Crippen LogP) is 0.117. The van der Waals surface area contributed by atoms with Crippen LogP contribution in [0.5, 0.6) is 0 Å². The molecule has 0 spiro atoms. The van der Waals surface area contributed by atoms with E-state index in [-0.39, 0.29) is 6.42 Å². The molecule has 0 amide bonds. The Morgan fingerprint density at radius 1 is 1.24 bits per heavy atom. The van der Waals surface area contributed by atoms with E-state index < -0.39 is 22.2 Å². The summed E-state index contributed by atoms with van der Waals surface area (Å²) in [7, 11) is -3.88. The number of benzene rings is 1. The van der Waals surface area contributed by atoms with Gasteiger partial charge >= 0.3 is 5.97 Å². The molecule has 1 aliphatic rings. The molecule has 0 unspecified atom stereocenters. The highest BCUT2D eigenvalue weighted by molar-refractivity contribution is 7.87. The first-order valence-electron chi connectivity index (χ1n) is 6.78. The van der Waals surface area contributed by atoms with Crippen molar-refractivity contribution >= 4 is 16.2 Å². The van der Waals surface area contributed by atoms with Crippen LogP contribution in [0.3, 0.4) is 0 Å². The smallest absolute Gasteiger partial charge is 0.322 e. The summed E-state index contributed by atoms with van der Waals surface area (Å²) in [4.78, 5) is 13.6. The monoisotopic (exact) mass is 313 g/mol. The highest BCUT2D eigenvalue weighted by Crippen LogP contribution is 2.07. The van der Waals surface area contributed by atoms with Crippen molar-refractivity contribution in [1.29, 1.82) is 0 Å². The van der Waals surface area contributed by atoms with E-state index in [2.05, 4.69) is 9.55 Å². The van der Waals surface area contributed by atoms with Crippen molar-refractivity contribution in [2.75, 3.05) is 13.1 Å². The first-order chi connectivity index (χ1) is 9.96. The predicted molar refractivity (Wildman–Crippen MR) is 77.6 cm³/mol. The van der Waals surface area contributed by atoms with E-state index in [0.29, 0.717) is 13.1 Å². The maximum atomic E-state index is 12.0. The van der Waals surface area contributed by atoms with Gasteiger partial charge in [-0.3, -0.25) is 4.79 Å². The average Bonchev–Trinajstić information content (AvgIpc) is 2.91. The summed E-state index contributed by atoms with van der Waals surface area (Å²) < 4.78 is 26.1. The van der Waals surface area contributed by atoms with Crippen molar-refractivity contribution in [2.24, 2.45) is 0 Å². The summed E-state index contributed by atoms with van der Waals surface area (Å²) >= 11 is 0. The molecule has 7 nitrogen and oxygen atoms in total. The second kappa shape index (κ2) is 6.99. The molecule has 8 heteroatoms. The Morgan fingerprint density at radius 3 is 2.43 bits per heavy atom. The summed E-state index contributed by atoms with van der Waals surface area (Å²) in [6.07, 6.45) is 1.95. The van der Waals surface area contributed by atoms with Crippen LogP contribution in [0.2, 0.25) is 0 Å². The molecular formula is C13H19N3O4S. The molecule has 116 valence electrons. The Bertz CT molecular complexity index is 570. The molecule has 3 N–H and O–H groups in total. The van der Waals surface area contributed by atoms with Gasteiger partial charge in [-0.05, 0) is 24.8 Å². The molecule has 1 aromatic carbocycles. The number of rotatable bonds is 7. The van der Waals surface area contributed by atoms with Gasteiger partial charge in [0.15, 0.2) is 0 Å². The van der Waals surface area contributed by atoms with Crippen LogP contribution < -0.4 is 9.55 Å². The van der Waals surface area contributed by atoms with Crippen LogP contribution in [0.15, 0.2) is 30.3 Å². The normalized spacial score (nSPS) is 17.7. The zero-order chi connectivity index (χ0) is 15.3. The topological polar surface area (TPSA) is 98.7 Å². The van der Waals surface area contributed by atoms with E-state index >= 15 is 0 Å². The van der Waals surface area contributed by atoms with Crippen molar-refractivity contribution < 1.29 is 18.3 Å². The number of carboxylic acids is 1. The first kappa shape index (κ1) is 15.9. The van der Waals surface area contributed by atoms with E-state index in [4.69, 9.17) is 0 Å². The lowest BCUT2D eigenvalue weighted by molar-refractivity contribution is -0.138. The molecule has 1 heterocycles. The van der Waals surface area contributed by atoms with Gasteiger partial charge in [-0.1, -0.05) is 30.3 Å². The van der Waals surface area contributed by atoms with Gasteiger partial charge in [0.05, 0.1) is 0 Å². The molecule has 0 aliphatic carbocycles. The molecule has 1 atom stereocenters. The van der Waals surface area contributed by atoms with Crippen LogP contribution in [0.4, 0.5) is 0 Å². The lowest BCUT2D eigenvalue weighted by atomic mass is 10.1. The number of nitrogens with one attached hydrogen (secondary N) is 2. The van der Waals surface area contributed by atoms with Crippen LogP contribution in [0, 0.1) is 0 Å². The zero-order valence-electron chi connectivity index (χ0n) is 11.5. The van der Waals surface area contributed by atoms with Crippen molar-refractivity contribution in [3.05, 3.63) is 35.9 Å². The minimum absolute atomic E-state index is 0.0943. The fourth-order valence-electron chi connectivity index (χ4n) is 2.22. The number of carbonyl (C=O) groups is 1. The lowest BCUT2D eigenvalue weighted by Gasteiger charge is -2.20. The fraction of sp³-hybridized carbons (Fsp3) is 0.462. The van der Waals surface area contributed by atoms with E-state index in [0.717, 1.165) is 18.4 Å². The standard InChI is InChI=1S/C13H19N3O4S/c17-13(18)12(10-11-6-2-1-3-7-11)14-21(19,20)15-16-8-4-5-9-16/h1-3,6-7,12,14-15H,4-5,8-10H2,(H,17,18)/t12-/m0/s1. The van der Waals surface area contributed by atoms with Crippen molar-refractivity contribution in [1.82, 2.24) is 14.6 Å². The Hall–Kier alpha value is -1.48. The average molecular weight is 313 g/mol. The van der Waals surface area contributed by atoms with E-state index in [1.807, 2.05) is 6.07 Å². The van der Waals surface area contributed by atoms with Gasteiger partial charge in [-0.25, -0.2) is 5.01 Å². The van der Waals surface area contributed by atoms with Crippen molar-refractivity contribution in [2.45, 2.75) is 25.3 Å². The third-order valence-electron chi connectivity index (χ3n) is 3.23. The van der Waals surface area contributed by atoms with Crippen molar-refractivity contribution in [3.63, 3.8) is 0 Å². The summed E-state index contributed by atoms with van der Waals surface area (Å²) in [6.45, 7) is 1.27. The van der Waals surface area contributed by atoms with Crippen LogP contribution in [0.25, 0.3) is 0 Å². The van der Waals surface area contributed by atoms with Gasteiger partial charge in [-0.2, -0.15) is 13.1 Å². The molecule has 1 saturated heterocycles. The molecule has 1 fully saturated rings. The zero-order valence-corrected chi connectivity index (χ0v) is 12.3. The Balaban J connectivity index is 2.00. The minimum atomic E-state index is -3.88. The van der Waals surface area contributed by atoms with E-state index in [1.165, 1.54) is 0 Å². The highest BCUT2D eigenvalue weighted by Gasteiger charge is 2.26. The number of aliphatic carboxylic acids is 1. The third kappa shape index (κ3) is 5.09. The summed E-state index contributed by atoms with van der Waals surface area (Å²) in [5, 5.41) is 10.8. The van der Waals surface area contributed by atoms with Gasteiger partial charge < -0.3 is 5.11 Å². The largest absolute Gasteiger partial charge is 0.480 e. The SMILES string of the molecule is O=C(O)[C@H](Cc1ccccc1)NS(=O)(=O)NN1CCCC1. The molecular weight excluding hydrogens is 294 g/mol. The summed E-state index contributed by atoms with van der Waals surface area (Å²) in [6, 6.07) is 7.71. The van der Waals surface area contributed by atoms with E-state index in [1.54, 1.807) is 29.3 Å². The second-order valence-corrected chi connectivity index (χ2v) is 6.41. The molecule has 1 aliphatic heterocycles. The third-order valence-corrected chi connectivity index (χ3v) is 4.33. The van der Waals surface area contributed by atoms with Gasteiger partial charge in [0, 0.05) is 13.1 Å². The maximum absolute atomic E-state index is 12.0. The number of carboxylic acid groups (broad SMARTS) is 1. The number of hydrazine groups is 1.